The number of carbonyl (C=O) groups excluding carboxylic acids is 4. The molecule has 0 fully saturated rings. The van der Waals surface area contributed by atoms with Crippen LogP contribution < -0.4 is 5.32 Å². The number of carbonyl (C=O) groups is 4. The van der Waals surface area contributed by atoms with Crippen LogP contribution in [0.2, 0.25) is 0 Å². The van der Waals surface area contributed by atoms with Crippen LogP contribution in [0.25, 0.3) is 10.9 Å². The molecule has 176 valence electrons. The number of nitrogens with zero attached hydrogens (tertiary/aromatic N) is 1. The first-order valence-electron chi connectivity index (χ1n) is 10.8. The van der Waals surface area contributed by atoms with Crippen molar-refractivity contribution in [2.75, 3.05) is 19.1 Å². The Balaban J connectivity index is 1.59. The highest BCUT2D eigenvalue weighted by Gasteiger charge is 2.43. The summed E-state index contributed by atoms with van der Waals surface area (Å²) in [5.41, 5.74) is 2.31. The van der Waals surface area contributed by atoms with Gasteiger partial charge in [-0.1, -0.05) is 30.3 Å². The number of amides is 3. The number of nitrogens with one attached hydrogen (secondary N) is 2. The molecule has 2 aromatic carbocycles. The number of methoxy groups -OCH3 is 1. The number of H-pyrrole nitrogens is 1. The van der Waals surface area contributed by atoms with Crippen molar-refractivity contribution in [1.29, 1.82) is 0 Å². The van der Waals surface area contributed by atoms with E-state index in [2.05, 4.69) is 10.3 Å². The average molecular weight is 480 g/mol. The molecule has 3 amide bonds. The Kier molecular flexibility index (Phi) is 7.02. The fourth-order valence-electron chi connectivity index (χ4n) is 4.22. The number of hydrogen-bond donors (Lipinski definition) is 2. The Bertz CT molecular complexity index is 1220. The third-order valence-electron chi connectivity index (χ3n) is 5.94. The third-order valence-corrected chi connectivity index (χ3v) is 6.58. The minimum absolute atomic E-state index is 0.194. The first-order chi connectivity index (χ1) is 16.5. The maximum atomic E-state index is 13.4. The smallest absolute Gasteiger partial charge is 0.328 e. The van der Waals surface area contributed by atoms with Gasteiger partial charge in [0.2, 0.25) is 5.91 Å². The second-order valence-corrected chi connectivity index (χ2v) is 8.96. The lowest BCUT2D eigenvalue weighted by Gasteiger charge is -2.27. The van der Waals surface area contributed by atoms with Gasteiger partial charge in [0.15, 0.2) is 0 Å². The molecule has 2 atom stereocenters. The van der Waals surface area contributed by atoms with Gasteiger partial charge in [0.25, 0.3) is 11.8 Å². The lowest BCUT2D eigenvalue weighted by Crippen LogP contribution is -2.54. The monoisotopic (exact) mass is 479 g/mol. The zero-order valence-corrected chi connectivity index (χ0v) is 19.7. The summed E-state index contributed by atoms with van der Waals surface area (Å²) < 4.78 is 4.94. The molecule has 4 rings (SSSR count). The average Bonchev–Trinajstić information content (AvgIpc) is 3.38. The maximum absolute atomic E-state index is 13.4. The van der Waals surface area contributed by atoms with Crippen molar-refractivity contribution in [2.45, 2.75) is 24.9 Å². The Morgan fingerprint density at radius 2 is 1.71 bits per heavy atom. The fourth-order valence-corrected chi connectivity index (χ4v) is 4.68. The number of esters is 1. The molecule has 34 heavy (non-hydrogen) atoms. The molecular weight excluding hydrogens is 454 g/mol. The van der Waals surface area contributed by atoms with Crippen LogP contribution in [-0.2, 0) is 20.7 Å². The van der Waals surface area contributed by atoms with E-state index in [-0.39, 0.29) is 24.0 Å². The second kappa shape index (κ2) is 10.1. The van der Waals surface area contributed by atoms with Gasteiger partial charge in [0.1, 0.15) is 12.1 Å². The van der Waals surface area contributed by atoms with Crippen LogP contribution in [0.4, 0.5) is 0 Å². The van der Waals surface area contributed by atoms with Crippen LogP contribution in [0.3, 0.4) is 0 Å². The number of thioether (sulfide) groups is 1. The summed E-state index contributed by atoms with van der Waals surface area (Å²) in [6.45, 7) is 0. The van der Waals surface area contributed by atoms with Gasteiger partial charge in [-0.05, 0) is 42.2 Å². The number of hydrogen-bond acceptors (Lipinski definition) is 6. The summed E-state index contributed by atoms with van der Waals surface area (Å²) in [7, 11) is 1.26. The standard InChI is InChI=1S/C25H25N3O5S/c1-33-25(32)20(13-15-14-26-19-10-6-5-7-16(15)19)27-22(29)21(11-12-34-2)28-23(30)17-8-3-4-9-18(17)24(28)31/h3-10,14,20-21,26H,11-13H2,1-2H3,(H,27,29). The minimum Gasteiger partial charge on any atom is -0.467 e. The lowest BCUT2D eigenvalue weighted by atomic mass is 10.0. The van der Waals surface area contributed by atoms with Gasteiger partial charge in [-0.15, -0.1) is 0 Å². The molecule has 0 radical (unpaired) electrons. The number of aromatic amines is 1. The summed E-state index contributed by atoms with van der Waals surface area (Å²) >= 11 is 1.50. The molecule has 1 aliphatic rings. The van der Waals surface area contributed by atoms with Gasteiger partial charge in [-0.3, -0.25) is 19.3 Å². The van der Waals surface area contributed by atoms with E-state index < -0.39 is 35.8 Å². The largest absolute Gasteiger partial charge is 0.467 e. The Hall–Kier alpha value is -3.59. The summed E-state index contributed by atoms with van der Waals surface area (Å²) in [5.74, 6) is -1.64. The van der Waals surface area contributed by atoms with Crippen molar-refractivity contribution < 1.29 is 23.9 Å². The zero-order chi connectivity index (χ0) is 24.2. The number of aromatic nitrogens is 1. The molecule has 9 heteroatoms. The van der Waals surface area contributed by atoms with Crippen molar-refractivity contribution in [1.82, 2.24) is 15.2 Å². The van der Waals surface area contributed by atoms with Gasteiger partial charge >= 0.3 is 5.97 Å². The SMILES string of the molecule is COC(=O)C(Cc1c[nH]c2ccccc12)NC(=O)C(CCSC)N1C(=O)c2ccccc2C1=O. The second-order valence-electron chi connectivity index (χ2n) is 7.97. The van der Waals surface area contributed by atoms with Crippen LogP contribution in [0.1, 0.15) is 32.7 Å². The Morgan fingerprint density at radius 3 is 2.35 bits per heavy atom. The quantitative estimate of drug-likeness (QED) is 0.361. The van der Waals surface area contributed by atoms with Crippen LogP contribution in [0.15, 0.2) is 54.7 Å². The molecule has 2 N–H and O–H groups in total. The van der Waals surface area contributed by atoms with E-state index in [1.165, 1.54) is 18.9 Å². The minimum atomic E-state index is -1.05. The van der Waals surface area contributed by atoms with Crippen LogP contribution in [0.5, 0.6) is 0 Å². The molecule has 0 aliphatic carbocycles. The summed E-state index contributed by atoms with van der Waals surface area (Å²) in [4.78, 5) is 56.2. The van der Waals surface area contributed by atoms with E-state index in [0.717, 1.165) is 21.4 Å². The number of benzene rings is 2. The van der Waals surface area contributed by atoms with Gasteiger partial charge in [-0.2, -0.15) is 11.8 Å². The van der Waals surface area contributed by atoms with Gasteiger partial charge in [-0.25, -0.2) is 4.79 Å². The topological polar surface area (TPSA) is 109 Å². The van der Waals surface area contributed by atoms with Crippen molar-refractivity contribution in [3.05, 3.63) is 71.4 Å². The predicted octanol–water partition coefficient (Wildman–Crippen LogP) is 2.79. The van der Waals surface area contributed by atoms with Gasteiger partial charge in [0, 0.05) is 23.5 Å². The van der Waals surface area contributed by atoms with E-state index in [1.54, 1.807) is 30.5 Å². The van der Waals surface area contributed by atoms with Gasteiger partial charge < -0.3 is 15.0 Å². The van der Waals surface area contributed by atoms with E-state index >= 15 is 0 Å². The van der Waals surface area contributed by atoms with Crippen molar-refractivity contribution in [2.24, 2.45) is 0 Å². The zero-order valence-electron chi connectivity index (χ0n) is 18.9. The highest BCUT2D eigenvalue weighted by molar-refractivity contribution is 7.98. The van der Waals surface area contributed by atoms with Crippen LogP contribution in [-0.4, -0.2) is 64.8 Å². The molecule has 0 bridgehead atoms. The molecule has 8 nitrogen and oxygen atoms in total. The van der Waals surface area contributed by atoms with E-state index in [1.807, 2.05) is 30.5 Å². The molecule has 3 aromatic rings. The molecule has 1 aromatic heterocycles. The molecule has 0 spiro atoms. The third kappa shape index (κ3) is 4.43. The van der Waals surface area contributed by atoms with Crippen molar-refractivity contribution in [3.63, 3.8) is 0 Å². The lowest BCUT2D eigenvalue weighted by molar-refractivity contribution is -0.145. The predicted molar refractivity (Wildman–Crippen MR) is 130 cm³/mol. The number of ether oxygens (including phenoxy) is 1. The summed E-state index contributed by atoms with van der Waals surface area (Å²) in [6.07, 6.45) is 4.13. The molecule has 0 saturated heterocycles. The molecule has 2 heterocycles. The number of rotatable bonds is 9. The van der Waals surface area contributed by atoms with Crippen LogP contribution in [0, 0.1) is 0 Å². The summed E-state index contributed by atoms with van der Waals surface area (Å²) in [5, 5.41) is 3.68. The Labute approximate surface area is 201 Å². The molecule has 0 saturated carbocycles. The first kappa shape index (κ1) is 23.6. The normalized spacial score (nSPS) is 14.7. The Morgan fingerprint density at radius 1 is 1.06 bits per heavy atom. The van der Waals surface area contributed by atoms with Crippen LogP contribution >= 0.6 is 11.8 Å². The van der Waals surface area contributed by atoms with E-state index in [4.69, 9.17) is 4.74 Å². The van der Waals surface area contributed by atoms with E-state index in [0.29, 0.717) is 5.75 Å². The van der Waals surface area contributed by atoms with Gasteiger partial charge in [0.05, 0.1) is 18.2 Å². The maximum Gasteiger partial charge on any atom is 0.328 e. The van der Waals surface area contributed by atoms with E-state index in [9.17, 15) is 19.2 Å². The molecular formula is C25H25N3O5S. The highest BCUT2D eigenvalue weighted by Crippen LogP contribution is 2.26. The number of imide groups is 1. The molecule has 1 aliphatic heterocycles. The summed E-state index contributed by atoms with van der Waals surface area (Å²) in [6, 6.07) is 12.1. The molecule has 2 unspecified atom stereocenters. The van der Waals surface area contributed by atoms with Crippen molar-refractivity contribution >= 4 is 46.4 Å². The fraction of sp³-hybridized carbons (Fsp3) is 0.280. The van der Waals surface area contributed by atoms with Crippen molar-refractivity contribution in [3.8, 4) is 0 Å². The first-order valence-corrected chi connectivity index (χ1v) is 12.2. The highest BCUT2D eigenvalue weighted by atomic mass is 32.2. The number of para-hydroxylation sites is 1. The number of fused-ring (bicyclic) bond motifs is 2.